The zero-order valence-corrected chi connectivity index (χ0v) is 25.8. The number of para-hydroxylation sites is 2. The van der Waals surface area contributed by atoms with Crippen molar-refractivity contribution in [2.45, 2.75) is 50.0 Å². The topological polar surface area (TPSA) is 87.2 Å². The van der Waals surface area contributed by atoms with Gasteiger partial charge in [0.2, 0.25) is 16.0 Å². The van der Waals surface area contributed by atoms with Crippen LogP contribution in [0.1, 0.15) is 39.5 Å². The summed E-state index contributed by atoms with van der Waals surface area (Å²) in [6.07, 6.45) is 3.97. The van der Waals surface area contributed by atoms with E-state index in [4.69, 9.17) is 9.97 Å². The van der Waals surface area contributed by atoms with E-state index >= 15 is 0 Å². The standard InChI is InChI=1S/C35H39N5O2S/c1-35(2,39-34-37-31-18-10-9-17-30(31)33(38-34)36-28-14-5-4-6-15-28)27-22-20-25(21-23-27)24-40(3)43(41,42)32-19-11-13-26-12-7-8-16-29(26)32/h4-19,25,27H,20-24H2,1-3H3,(H2,36,37,38,39). The van der Waals surface area contributed by atoms with E-state index in [-0.39, 0.29) is 5.54 Å². The Bertz CT molecular complexity index is 1830. The second-order valence-electron chi connectivity index (χ2n) is 12.2. The minimum atomic E-state index is -3.59. The number of nitrogens with zero attached hydrogens (tertiary/aromatic N) is 3. The van der Waals surface area contributed by atoms with Crippen LogP contribution in [0.5, 0.6) is 0 Å². The molecular formula is C35H39N5O2S. The monoisotopic (exact) mass is 593 g/mol. The van der Waals surface area contributed by atoms with Gasteiger partial charge in [-0.3, -0.25) is 0 Å². The molecule has 6 rings (SSSR count). The number of nitrogens with one attached hydrogen (secondary N) is 2. The molecule has 1 heterocycles. The molecule has 1 aromatic heterocycles. The second-order valence-corrected chi connectivity index (χ2v) is 14.2. The number of sulfonamides is 1. The van der Waals surface area contributed by atoms with Crippen molar-refractivity contribution in [3.8, 4) is 0 Å². The Morgan fingerprint density at radius 2 is 1.44 bits per heavy atom. The molecule has 2 N–H and O–H groups in total. The molecule has 0 unspecified atom stereocenters. The lowest BCUT2D eigenvalue weighted by molar-refractivity contribution is 0.195. The van der Waals surface area contributed by atoms with Gasteiger partial charge in [-0.15, -0.1) is 0 Å². The predicted molar refractivity (Wildman–Crippen MR) is 176 cm³/mol. The molecule has 43 heavy (non-hydrogen) atoms. The van der Waals surface area contributed by atoms with Crippen LogP contribution in [0.15, 0.2) is 102 Å². The summed E-state index contributed by atoms with van der Waals surface area (Å²) in [4.78, 5) is 10.1. The molecule has 0 bridgehead atoms. The Morgan fingerprint density at radius 1 is 0.791 bits per heavy atom. The smallest absolute Gasteiger partial charge is 0.243 e. The minimum Gasteiger partial charge on any atom is -0.349 e. The molecule has 0 saturated heterocycles. The summed E-state index contributed by atoms with van der Waals surface area (Å²) in [5.74, 6) is 2.10. The molecule has 0 atom stereocenters. The lowest BCUT2D eigenvalue weighted by Crippen LogP contribution is -2.43. The zero-order valence-electron chi connectivity index (χ0n) is 25.0. The van der Waals surface area contributed by atoms with Gasteiger partial charge in [0.1, 0.15) is 5.82 Å². The predicted octanol–water partition coefficient (Wildman–Crippen LogP) is 7.84. The first-order valence-corrected chi connectivity index (χ1v) is 16.5. The van der Waals surface area contributed by atoms with E-state index in [1.54, 1.807) is 17.4 Å². The van der Waals surface area contributed by atoms with E-state index < -0.39 is 10.0 Å². The van der Waals surface area contributed by atoms with Crippen LogP contribution < -0.4 is 10.6 Å². The van der Waals surface area contributed by atoms with Crippen molar-refractivity contribution in [1.29, 1.82) is 0 Å². The van der Waals surface area contributed by atoms with E-state index in [0.717, 1.165) is 58.9 Å². The lowest BCUT2D eigenvalue weighted by atomic mass is 9.73. The maximum atomic E-state index is 13.6. The summed E-state index contributed by atoms with van der Waals surface area (Å²) < 4.78 is 28.7. The van der Waals surface area contributed by atoms with Gasteiger partial charge in [-0.2, -0.15) is 4.98 Å². The normalized spacial score (nSPS) is 17.8. The van der Waals surface area contributed by atoms with Crippen molar-refractivity contribution < 1.29 is 8.42 Å². The van der Waals surface area contributed by atoms with Crippen molar-refractivity contribution in [1.82, 2.24) is 14.3 Å². The third-order valence-corrected chi connectivity index (χ3v) is 10.8. The molecule has 8 heteroatoms. The maximum Gasteiger partial charge on any atom is 0.243 e. The van der Waals surface area contributed by atoms with Crippen LogP contribution in [0.4, 0.5) is 17.5 Å². The molecule has 4 aromatic carbocycles. The summed E-state index contributed by atoms with van der Waals surface area (Å²) in [7, 11) is -1.88. The van der Waals surface area contributed by atoms with Gasteiger partial charge in [0.15, 0.2) is 0 Å². The first-order valence-electron chi connectivity index (χ1n) is 15.0. The Balaban J connectivity index is 1.12. The van der Waals surface area contributed by atoms with Gasteiger partial charge in [0.25, 0.3) is 0 Å². The van der Waals surface area contributed by atoms with E-state index in [0.29, 0.717) is 29.2 Å². The molecule has 0 radical (unpaired) electrons. The summed E-state index contributed by atoms with van der Waals surface area (Å²) in [5.41, 5.74) is 1.62. The molecule has 222 valence electrons. The Kier molecular flexibility index (Phi) is 8.07. The Morgan fingerprint density at radius 3 is 2.21 bits per heavy atom. The van der Waals surface area contributed by atoms with E-state index in [9.17, 15) is 8.42 Å². The third-order valence-electron chi connectivity index (χ3n) is 8.89. The number of rotatable bonds is 9. The molecular weight excluding hydrogens is 554 g/mol. The van der Waals surface area contributed by atoms with Gasteiger partial charge in [0, 0.05) is 35.6 Å². The van der Waals surface area contributed by atoms with Crippen molar-refractivity contribution in [3.63, 3.8) is 0 Å². The molecule has 0 spiro atoms. The van der Waals surface area contributed by atoms with Crippen molar-refractivity contribution in [3.05, 3.63) is 97.1 Å². The molecule has 1 saturated carbocycles. The molecule has 0 aliphatic heterocycles. The van der Waals surface area contributed by atoms with Crippen LogP contribution in [0, 0.1) is 11.8 Å². The van der Waals surface area contributed by atoms with Gasteiger partial charge in [-0.1, -0.05) is 66.7 Å². The van der Waals surface area contributed by atoms with E-state index in [1.807, 2.05) is 91.0 Å². The summed E-state index contributed by atoms with van der Waals surface area (Å²) in [6, 6.07) is 31.3. The van der Waals surface area contributed by atoms with Crippen LogP contribution in [-0.2, 0) is 10.0 Å². The highest BCUT2D eigenvalue weighted by Crippen LogP contribution is 2.38. The van der Waals surface area contributed by atoms with E-state index in [2.05, 4.69) is 24.5 Å². The molecule has 1 fully saturated rings. The van der Waals surface area contributed by atoms with Crippen LogP contribution in [0.25, 0.3) is 21.7 Å². The van der Waals surface area contributed by atoms with Crippen LogP contribution in [0.3, 0.4) is 0 Å². The number of aromatic nitrogens is 2. The molecule has 1 aliphatic rings. The summed E-state index contributed by atoms with van der Waals surface area (Å²) in [5, 5.41) is 9.80. The molecule has 5 aromatic rings. The SMILES string of the molecule is CN(CC1CCC(C(C)(C)Nc2nc(Nc3ccccc3)c3ccccc3n2)CC1)S(=O)(=O)c1cccc2ccccc12. The van der Waals surface area contributed by atoms with Gasteiger partial charge in [0.05, 0.1) is 10.4 Å². The van der Waals surface area contributed by atoms with Crippen LogP contribution in [0.2, 0.25) is 0 Å². The van der Waals surface area contributed by atoms with Crippen molar-refractivity contribution >= 4 is 49.2 Å². The highest BCUT2D eigenvalue weighted by atomic mass is 32.2. The van der Waals surface area contributed by atoms with Crippen molar-refractivity contribution in [2.75, 3.05) is 24.2 Å². The lowest BCUT2D eigenvalue weighted by Gasteiger charge is -2.40. The number of fused-ring (bicyclic) bond motifs is 2. The summed E-state index contributed by atoms with van der Waals surface area (Å²) >= 11 is 0. The van der Waals surface area contributed by atoms with E-state index in [1.165, 1.54) is 0 Å². The quantitative estimate of drug-likeness (QED) is 0.181. The molecule has 1 aliphatic carbocycles. The van der Waals surface area contributed by atoms with Gasteiger partial charge in [-0.05, 0) is 87.1 Å². The average Bonchev–Trinajstić information content (AvgIpc) is 3.01. The number of anilines is 3. The fourth-order valence-corrected chi connectivity index (χ4v) is 7.85. The zero-order chi connectivity index (χ0) is 30.0. The fourth-order valence-electron chi connectivity index (χ4n) is 6.39. The molecule has 7 nitrogen and oxygen atoms in total. The highest BCUT2D eigenvalue weighted by molar-refractivity contribution is 7.89. The molecule has 0 amide bonds. The fraction of sp³-hybridized carbons (Fsp3) is 0.314. The van der Waals surface area contributed by atoms with Gasteiger partial charge < -0.3 is 10.6 Å². The first kappa shape index (κ1) is 29.1. The van der Waals surface area contributed by atoms with Crippen LogP contribution in [-0.4, -0.2) is 41.8 Å². The average molecular weight is 594 g/mol. The maximum absolute atomic E-state index is 13.6. The number of hydrogen-bond donors (Lipinski definition) is 2. The second kappa shape index (κ2) is 11.9. The first-order chi connectivity index (χ1) is 20.7. The Hall–Kier alpha value is -4.01. The number of hydrogen-bond acceptors (Lipinski definition) is 6. The van der Waals surface area contributed by atoms with Crippen molar-refractivity contribution in [2.24, 2.45) is 11.8 Å². The number of benzene rings is 4. The van der Waals surface area contributed by atoms with Gasteiger partial charge >= 0.3 is 0 Å². The third kappa shape index (κ3) is 6.21. The summed E-state index contributed by atoms with van der Waals surface area (Å²) in [6.45, 7) is 4.96. The minimum absolute atomic E-state index is 0.238. The van der Waals surface area contributed by atoms with Crippen LogP contribution >= 0.6 is 0 Å². The Labute approximate surface area is 254 Å². The van der Waals surface area contributed by atoms with Gasteiger partial charge in [-0.25, -0.2) is 17.7 Å². The largest absolute Gasteiger partial charge is 0.349 e. The highest BCUT2D eigenvalue weighted by Gasteiger charge is 2.35.